The van der Waals surface area contributed by atoms with Gasteiger partial charge < -0.3 is 4.74 Å². The molecule has 0 saturated heterocycles. The molecule has 1 aromatic carbocycles. The van der Waals surface area contributed by atoms with Gasteiger partial charge in [0.15, 0.2) is 0 Å². The Bertz CT molecular complexity index is 443. The maximum Gasteiger partial charge on any atom is 0.315 e. The Morgan fingerprint density at radius 1 is 1.59 bits per heavy atom. The summed E-state index contributed by atoms with van der Waals surface area (Å²) in [5.41, 5.74) is 0.778. The van der Waals surface area contributed by atoms with Crippen LogP contribution in [0.25, 0.3) is 0 Å². The van der Waals surface area contributed by atoms with Crippen molar-refractivity contribution in [1.29, 1.82) is 5.26 Å². The number of rotatable bonds is 5. The highest BCUT2D eigenvalue weighted by molar-refractivity contribution is 7.99. The second-order valence-corrected chi connectivity index (χ2v) is 4.20. The van der Waals surface area contributed by atoms with Crippen LogP contribution in [-0.2, 0) is 15.3 Å². The molecule has 0 radical (unpaired) electrons. The maximum absolute atomic E-state index is 13.4. The molecule has 5 heteroatoms. The van der Waals surface area contributed by atoms with E-state index in [1.165, 1.54) is 17.8 Å². The first kappa shape index (κ1) is 13.5. The molecule has 0 bridgehead atoms. The Morgan fingerprint density at radius 2 is 2.35 bits per heavy atom. The van der Waals surface area contributed by atoms with Gasteiger partial charge in [-0.15, -0.1) is 11.8 Å². The molecule has 3 nitrogen and oxygen atoms in total. The molecule has 0 aromatic heterocycles. The van der Waals surface area contributed by atoms with E-state index >= 15 is 0 Å². The van der Waals surface area contributed by atoms with E-state index in [1.54, 1.807) is 19.1 Å². The molecule has 1 rings (SSSR count). The van der Waals surface area contributed by atoms with Crippen LogP contribution in [0.2, 0.25) is 0 Å². The lowest BCUT2D eigenvalue weighted by atomic mass is 10.1. The van der Waals surface area contributed by atoms with E-state index < -0.39 is 5.82 Å². The Labute approximate surface area is 104 Å². The van der Waals surface area contributed by atoms with Crippen LogP contribution < -0.4 is 0 Å². The summed E-state index contributed by atoms with van der Waals surface area (Å²) in [5.74, 6) is -0.129. The van der Waals surface area contributed by atoms with Crippen LogP contribution in [0.3, 0.4) is 0 Å². The third-order valence-electron chi connectivity index (χ3n) is 1.96. The van der Waals surface area contributed by atoms with Crippen molar-refractivity contribution in [2.24, 2.45) is 0 Å². The minimum absolute atomic E-state index is 0.202. The summed E-state index contributed by atoms with van der Waals surface area (Å²) < 4.78 is 18.2. The Hall–Kier alpha value is -1.54. The molecule has 0 fully saturated rings. The van der Waals surface area contributed by atoms with Gasteiger partial charge in [0.25, 0.3) is 0 Å². The maximum atomic E-state index is 13.4. The van der Waals surface area contributed by atoms with Crippen molar-refractivity contribution in [2.45, 2.75) is 12.7 Å². The van der Waals surface area contributed by atoms with E-state index in [2.05, 4.69) is 0 Å². The number of thioether (sulfide) groups is 1. The van der Waals surface area contributed by atoms with Gasteiger partial charge in [0.1, 0.15) is 5.82 Å². The first-order valence-corrected chi connectivity index (χ1v) is 6.24. The molecule has 90 valence electrons. The number of hydrogen-bond acceptors (Lipinski definition) is 4. The number of nitrogens with zero attached hydrogens (tertiary/aromatic N) is 1. The van der Waals surface area contributed by atoms with Crippen LogP contribution in [0.5, 0.6) is 0 Å². The average Bonchev–Trinajstić information content (AvgIpc) is 2.31. The van der Waals surface area contributed by atoms with Crippen LogP contribution in [0.1, 0.15) is 18.1 Å². The second kappa shape index (κ2) is 6.92. The molecule has 0 aliphatic rings. The highest BCUT2D eigenvalue weighted by atomic mass is 32.2. The zero-order chi connectivity index (χ0) is 12.7. The topological polar surface area (TPSA) is 50.1 Å². The Balaban J connectivity index is 2.47. The molecular weight excluding hydrogens is 241 g/mol. The molecule has 0 atom stereocenters. The standard InChI is InChI=1S/C12H12FNO2S/c1-2-16-12(15)8-17-7-10-4-3-9(6-14)5-11(10)13/h3-5H,2,7-8H2,1H3. The highest BCUT2D eigenvalue weighted by Crippen LogP contribution is 2.17. The first-order valence-electron chi connectivity index (χ1n) is 5.09. The van der Waals surface area contributed by atoms with Crippen molar-refractivity contribution in [1.82, 2.24) is 0 Å². The molecule has 0 saturated carbocycles. The van der Waals surface area contributed by atoms with Crippen molar-refractivity contribution in [2.75, 3.05) is 12.4 Å². The lowest BCUT2D eigenvalue weighted by Gasteiger charge is -2.03. The summed E-state index contributed by atoms with van der Waals surface area (Å²) in [5, 5.41) is 8.58. The van der Waals surface area contributed by atoms with Crippen LogP contribution in [0.15, 0.2) is 18.2 Å². The van der Waals surface area contributed by atoms with Gasteiger partial charge in [0.05, 0.1) is 24.0 Å². The minimum Gasteiger partial charge on any atom is -0.465 e. The monoisotopic (exact) mass is 253 g/mol. The third-order valence-corrected chi connectivity index (χ3v) is 2.92. The van der Waals surface area contributed by atoms with Gasteiger partial charge >= 0.3 is 5.97 Å². The molecule has 1 aromatic rings. The predicted molar refractivity (Wildman–Crippen MR) is 63.9 cm³/mol. The summed E-state index contributed by atoms with van der Waals surface area (Å²) in [6.45, 7) is 2.09. The third kappa shape index (κ3) is 4.45. The zero-order valence-electron chi connectivity index (χ0n) is 9.40. The van der Waals surface area contributed by atoms with Gasteiger partial charge in [-0.2, -0.15) is 5.26 Å². The van der Waals surface area contributed by atoms with Crippen molar-refractivity contribution in [3.63, 3.8) is 0 Å². The number of halogens is 1. The second-order valence-electron chi connectivity index (χ2n) is 3.22. The summed E-state index contributed by atoms with van der Waals surface area (Å²) in [4.78, 5) is 11.0. The molecule has 0 amide bonds. The zero-order valence-corrected chi connectivity index (χ0v) is 10.2. The van der Waals surface area contributed by atoms with E-state index in [1.807, 2.05) is 6.07 Å². The number of hydrogen-bond donors (Lipinski definition) is 0. The van der Waals surface area contributed by atoms with Crippen LogP contribution in [-0.4, -0.2) is 18.3 Å². The van der Waals surface area contributed by atoms with Gasteiger partial charge in [-0.25, -0.2) is 4.39 Å². The summed E-state index contributed by atoms with van der Waals surface area (Å²) in [6.07, 6.45) is 0. The smallest absolute Gasteiger partial charge is 0.315 e. The SMILES string of the molecule is CCOC(=O)CSCc1ccc(C#N)cc1F. The van der Waals surface area contributed by atoms with E-state index in [9.17, 15) is 9.18 Å². The van der Waals surface area contributed by atoms with Crippen LogP contribution in [0.4, 0.5) is 4.39 Å². The molecule has 0 unspecified atom stereocenters. The number of ether oxygens (including phenoxy) is 1. The van der Waals surface area contributed by atoms with Gasteiger partial charge in [0, 0.05) is 5.75 Å². The first-order chi connectivity index (χ1) is 8.17. The molecule has 0 N–H and O–H groups in total. The molecule has 0 aliphatic carbocycles. The van der Waals surface area contributed by atoms with Crippen LogP contribution in [0, 0.1) is 17.1 Å². The average molecular weight is 253 g/mol. The fourth-order valence-electron chi connectivity index (χ4n) is 1.18. The van der Waals surface area contributed by atoms with E-state index in [0.717, 1.165) is 0 Å². The lowest BCUT2D eigenvalue weighted by molar-refractivity contribution is -0.139. The molecular formula is C12H12FNO2S. The number of carbonyl (C=O) groups is 1. The molecule has 17 heavy (non-hydrogen) atoms. The van der Waals surface area contributed by atoms with Crippen molar-refractivity contribution in [3.05, 3.63) is 35.1 Å². The summed E-state index contributed by atoms with van der Waals surface area (Å²) in [7, 11) is 0. The number of nitriles is 1. The van der Waals surface area contributed by atoms with Crippen molar-refractivity contribution < 1.29 is 13.9 Å². The highest BCUT2D eigenvalue weighted by Gasteiger charge is 2.06. The minimum atomic E-state index is -0.416. The lowest BCUT2D eigenvalue weighted by Crippen LogP contribution is -2.06. The molecule has 0 aliphatic heterocycles. The van der Waals surface area contributed by atoms with E-state index in [4.69, 9.17) is 10.00 Å². The van der Waals surface area contributed by atoms with Crippen LogP contribution >= 0.6 is 11.8 Å². The molecule has 0 heterocycles. The van der Waals surface area contributed by atoms with Gasteiger partial charge in [-0.1, -0.05) is 6.07 Å². The number of benzene rings is 1. The van der Waals surface area contributed by atoms with E-state index in [-0.39, 0.29) is 11.7 Å². The number of carbonyl (C=O) groups excluding carboxylic acids is 1. The number of esters is 1. The largest absolute Gasteiger partial charge is 0.465 e. The summed E-state index contributed by atoms with van der Waals surface area (Å²) in [6, 6.07) is 6.18. The Morgan fingerprint density at radius 3 is 2.94 bits per heavy atom. The fraction of sp³-hybridized carbons (Fsp3) is 0.333. The van der Waals surface area contributed by atoms with E-state index in [0.29, 0.717) is 23.5 Å². The van der Waals surface area contributed by atoms with Gasteiger partial charge in [-0.05, 0) is 24.6 Å². The quantitative estimate of drug-likeness (QED) is 0.756. The van der Waals surface area contributed by atoms with Gasteiger partial charge in [-0.3, -0.25) is 4.79 Å². The fourth-order valence-corrected chi connectivity index (χ4v) is 1.99. The van der Waals surface area contributed by atoms with Crippen molar-refractivity contribution in [3.8, 4) is 6.07 Å². The predicted octanol–water partition coefficient (Wildman–Crippen LogP) is 2.49. The van der Waals surface area contributed by atoms with Crippen molar-refractivity contribution >= 4 is 17.7 Å². The Kier molecular flexibility index (Phi) is 5.50. The summed E-state index contributed by atoms with van der Waals surface area (Å²) >= 11 is 1.28. The van der Waals surface area contributed by atoms with Gasteiger partial charge in [0.2, 0.25) is 0 Å². The normalized spacial score (nSPS) is 9.71. The molecule has 0 spiro atoms.